The number of phenolic OH excluding ortho intramolecular Hbond substituents is 3. The lowest BCUT2D eigenvalue weighted by molar-refractivity contribution is -0.232. The van der Waals surface area contributed by atoms with E-state index in [9.17, 15) is 61.0 Å². The molecule has 0 spiro atoms. The maximum atomic E-state index is 14.2. The number of aliphatic hydroxyl groups is 8. The first-order valence-electron chi connectivity index (χ1n) is 13.4. The summed E-state index contributed by atoms with van der Waals surface area (Å²) in [5.74, 6) is -2.51. The van der Waals surface area contributed by atoms with Gasteiger partial charge in [0, 0.05) is 11.6 Å². The lowest BCUT2D eigenvalue weighted by Crippen LogP contribution is -2.56. The first-order valence-corrected chi connectivity index (χ1v) is 13.4. The van der Waals surface area contributed by atoms with Crippen LogP contribution in [0.15, 0.2) is 33.5 Å². The van der Waals surface area contributed by atoms with Crippen LogP contribution < -0.4 is 10.2 Å². The second kappa shape index (κ2) is 12.1. The fourth-order valence-corrected chi connectivity index (χ4v) is 5.63. The number of benzene rings is 2. The van der Waals surface area contributed by atoms with Gasteiger partial charge in [0.05, 0.1) is 31.5 Å². The lowest BCUT2D eigenvalue weighted by Gasteiger charge is -2.41. The van der Waals surface area contributed by atoms with Crippen molar-refractivity contribution in [2.45, 2.75) is 61.0 Å². The number of aliphatic hydroxyl groups excluding tert-OH is 8. The van der Waals surface area contributed by atoms with E-state index >= 15 is 0 Å². The number of hydrogen-bond acceptors (Lipinski definition) is 16. The Balaban J connectivity index is 1.84. The molecule has 2 aromatic carbocycles. The van der Waals surface area contributed by atoms with Crippen molar-refractivity contribution in [3.8, 4) is 34.3 Å². The Morgan fingerprint density at radius 2 is 1.25 bits per heavy atom. The van der Waals surface area contributed by atoms with Gasteiger partial charge in [0.2, 0.25) is 5.43 Å². The Bertz CT molecular complexity index is 1580. The van der Waals surface area contributed by atoms with Crippen molar-refractivity contribution in [3.63, 3.8) is 0 Å². The highest BCUT2D eigenvalue weighted by Crippen LogP contribution is 2.46. The molecule has 3 heterocycles. The second-order valence-corrected chi connectivity index (χ2v) is 10.6. The average molecular weight is 625 g/mol. The highest BCUT2D eigenvalue weighted by atomic mass is 16.6. The second-order valence-electron chi connectivity index (χ2n) is 10.6. The molecule has 5 rings (SSSR count). The summed E-state index contributed by atoms with van der Waals surface area (Å²) in [6.45, 7) is -1.65. The number of aromatic hydroxyl groups is 3. The molecule has 2 aliphatic heterocycles. The molecule has 0 radical (unpaired) electrons. The summed E-state index contributed by atoms with van der Waals surface area (Å²) in [4.78, 5) is 14.2. The number of rotatable bonds is 6. The monoisotopic (exact) mass is 624 g/mol. The van der Waals surface area contributed by atoms with Gasteiger partial charge in [-0.15, -0.1) is 0 Å². The molecule has 0 saturated carbocycles. The van der Waals surface area contributed by atoms with Crippen LogP contribution in [0.5, 0.6) is 23.0 Å². The third-order valence-electron chi connectivity index (χ3n) is 7.99. The van der Waals surface area contributed by atoms with E-state index in [0.29, 0.717) is 6.07 Å². The third-order valence-corrected chi connectivity index (χ3v) is 7.99. The van der Waals surface area contributed by atoms with Gasteiger partial charge in [0.25, 0.3) is 0 Å². The molecule has 240 valence electrons. The van der Waals surface area contributed by atoms with Crippen LogP contribution in [0.4, 0.5) is 0 Å². The minimum absolute atomic E-state index is 0.0172. The number of ether oxygens (including phenoxy) is 3. The van der Waals surface area contributed by atoms with Crippen molar-refractivity contribution >= 4 is 11.0 Å². The molecule has 11 N–H and O–H groups in total. The van der Waals surface area contributed by atoms with E-state index in [2.05, 4.69) is 0 Å². The molecule has 0 amide bonds. The average Bonchev–Trinajstić information content (AvgIpc) is 2.99. The van der Waals surface area contributed by atoms with Gasteiger partial charge in [-0.2, -0.15) is 0 Å². The zero-order chi connectivity index (χ0) is 32.2. The Kier molecular flexibility index (Phi) is 8.76. The quantitative estimate of drug-likeness (QED) is 0.136. The third kappa shape index (κ3) is 5.04. The van der Waals surface area contributed by atoms with Crippen molar-refractivity contribution in [1.29, 1.82) is 0 Å². The van der Waals surface area contributed by atoms with Crippen LogP contribution in [0.2, 0.25) is 0 Å². The largest absolute Gasteiger partial charge is 0.507 e. The van der Waals surface area contributed by atoms with E-state index in [0.717, 1.165) is 6.07 Å². The maximum Gasteiger partial charge on any atom is 0.203 e. The first-order chi connectivity index (χ1) is 20.9. The van der Waals surface area contributed by atoms with Crippen LogP contribution in [0.3, 0.4) is 0 Å². The van der Waals surface area contributed by atoms with Gasteiger partial charge in [-0.3, -0.25) is 4.79 Å². The Labute approximate surface area is 247 Å². The normalized spacial score (nSPS) is 32.6. The van der Waals surface area contributed by atoms with Gasteiger partial charge < -0.3 is 74.8 Å². The van der Waals surface area contributed by atoms with Gasteiger partial charge in [0.15, 0.2) is 17.1 Å². The van der Waals surface area contributed by atoms with E-state index in [1.807, 2.05) is 0 Å². The molecular weight excluding hydrogens is 592 g/mol. The van der Waals surface area contributed by atoms with E-state index in [-0.39, 0.29) is 11.3 Å². The molecule has 16 heteroatoms. The minimum Gasteiger partial charge on any atom is -0.507 e. The number of hydrogen-bond donors (Lipinski definition) is 11. The first kappa shape index (κ1) is 31.9. The molecule has 16 nitrogen and oxygen atoms in total. The maximum absolute atomic E-state index is 14.2. The summed E-state index contributed by atoms with van der Waals surface area (Å²) < 4.78 is 22.3. The standard InChI is InChI=1S/C28H32O16/c1-41-12-3-2-8(4-9(12)31)25-17(28-24(40)22(38)19(35)14(7-30)43-28)20(36)15-10(32)5-11(33)16(26(15)44-25)27-23(39)21(37)18(34)13(6-29)42-27/h2-5,13-14,18-19,21-24,27-35,37-40H,6-7H2,1H3/t13-,14-,18-,19-,21+,22+,23-,24-,27+,28+/m1/s1. The molecule has 0 aliphatic carbocycles. The van der Waals surface area contributed by atoms with E-state index in [1.165, 1.54) is 19.2 Å². The lowest BCUT2D eigenvalue weighted by atomic mass is 9.87. The number of methoxy groups -OCH3 is 1. The minimum atomic E-state index is -1.98. The SMILES string of the molecule is COc1ccc(-c2oc3c([C@@H]4O[C@H](CO)[C@@H](O)[C@H](O)[C@H]4O)c(O)cc(O)c3c(=O)c2[C@@H]2O[C@H](CO)[C@@H](O)[C@H](O)[C@H]2O)cc1O. The number of fused-ring (bicyclic) bond motifs is 1. The Morgan fingerprint density at radius 1 is 0.705 bits per heavy atom. The highest BCUT2D eigenvalue weighted by Gasteiger charge is 2.48. The van der Waals surface area contributed by atoms with Crippen LogP contribution >= 0.6 is 0 Å². The van der Waals surface area contributed by atoms with Crippen molar-refractivity contribution in [3.05, 3.63) is 45.6 Å². The smallest absolute Gasteiger partial charge is 0.203 e. The molecule has 0 unspecified atom stereocenters. The summed E-state index contributed by atoms with van der Waals surface area (Å²) in [7, 11) is 1.28. The highest BCUT2D eigenvalue weighted by molar-refractivity contribution is 5.91. The summed E-state index contributed by atoms with van der Waals surface area (Å²) in [6.07, 6.45) is -17.7. The molecular formula is C28H32O16. The van der Waals surface area contributed by atoms with Gasteiger partial charge >= 0.3 is 0 Å². The molecule has 10 atom stereocenters. The molecule has 2 fully saturated rings. The van der Waals surface area contributed by atoms with Gasteiger partial charge in [-0.1, -0.05) is 0 Å². The van der Waals surface area contributed by atoms with E-state index in [4.69, 9.17) is 18.6 Å². The van der Waals surface area contributed by atoms with Crippen LogP contribution in [0, 0.1) is 0 Å². The van der Waals surface area contributed by atoms with Crippen LogP contribution in [0.1, 0.15) is 23.3 Å². The molecule has 0 bridgehead atoms. The Morgan fingerprint density at radius 3 is 1.75 bits per heavy atom. The molecule has 2 saturated heterocycles. The Hall–Kier alpha value is -3.55. The fourth-order valence-electron chi connectivity index (χ4n) is 5.63. The van der Waals surface area contributed by atoms with Crippen molar-refractivity contribution in [2.75, 3.05) is 20.3 Å². The van der Waals surface area contributed by atoms with Gasteiger partial charge in [0.1, 0.15) is 83.7 Å². The van der Waals surface area contributed by atoms with Gasteiger partial charge in [-0.05, 0) is 18.2 Å². The van der Waals surface area contributed by atoms with Crippen LogP contribution in [0.25, 0.3) is 22.3 Å². The van der Waals surface area contributed by atoms with E-state index < -0.39 is 125 Å². The summed E-state index contributed by atoms with van der Waals surface area (Å²) in [5, 5.41) is 114. The molecule has 2 aliphatic rings. The van der Waals surface area contributed by atoms with Gasteiger partial charge in [-0.25, -0.2) is 0 Å². The predicted octanol–water partition coefficient (Wildman–Crippen LogP) is -2.38. The van der Waals surface area contributed by atoms with E-state index in [1.54, 1.807) is 0 Å². The summed E-state index contributed by atoms with van der Waals surface area (Å²) >= 11 is 0. The van der Waals surface area contributed by atoms with Crippen molar-refractivity contribution < 1.29 is 74.8 Å². The van der Waals surface area contributed by atoms with Crippen LogP contribution in [-0.2, 0) is 9.47 Å². The summed E-state index contributed by atoms with van der Waals surface area (Å²) in [6, 6.07) is 4.44. The zero-order valence-electron chi connectivity index (χ0n) is 23.0. The fraction of sp³-hybridized carbons (Fsp3) is 0.464. The zero-order valence-corrected chi connectivity index (χ0v) is 23.0. The molecule has 1 aromatic heterocycles. The molecule has 3 aromatic rings. The number of phenols is 3. The van der Waals surface area contributed by atoms with Crippen molar-refractivity contribution in [1.82, 2.24) is 0 Å². The topological polar surface area (TPSA) is 280 Å². The van der Waals surface area contributed by atoms with Crippen LogP contribution in [-0.4, -0.2) is 125 Å². The predicted molar refractivity (Wildman–Crippen MR) is 145 cm³/mol. The molecule has 44 heavy (non-hydrogen) atoms. The summed E-state index contributed by atoms with van der Waals surface area (Å²) in [5.41, 5.74) is -2.79. The van der Waals surface area contributed by atoms with Crippen molar-refractivity contribution in [2.24, 2.45) is 0 Å².